The zero-order valence-corrected chi connectivity index (χ0v) is 24.7. The number of anilines is 1. The normalized spacial score (nSPS) is 11.5. The summed E-state index contributed by atoms with van der Waals surface area (Å²) in [4.78, 5) is 19.2. The van der Waals surface area contributed by atoms with Crippen LogP contribution in [0.25, 0.3) is 22.7 Å². The molecule has 43 heavy (non-hydrogen) atoms. The van der Waals surface area contributed by atoms with Gasteiger partial charge in [0.15, 0.2) is 11.5 Å². The van der Waals surface area contributed by atoms with Crippen molar-refractivity contribution < 1.29 is 9.90 Å². The van der Waals surface area contributed by atoms with Crippen molar-refractivity contribution >= 4 is 29.3 Å². The maximum absolute atomic E-state index is 13.1. The van der Waals surface area contributed by atoms with Gasteiger partial charge in [0, 0.05) is 40.2 Å². The Morgan fingerprint density at radius 2 is 1.79 bits per heavy atom. The number of benzene rings is 2. The van der Waals surface area contributed by atoms with Crippen molar-refractivity contribution in [3.63, 3.8) is 0 Å². The maximum atomic E-state index is 13.1. The minimum absolute atomic E-state index is 0.141. The van der Waals surface area contributed by atoms with Gasteiger partial charge in [0.05, 0.1) is 23.1 Å². The quantitative estimate of drug-likeness (QED) is 0.195. The van der Waals surface area contributed by atoms with Crippen LogP contribution < -0.4 is 10.6 Å². The molecule has 10 nitrogen and oxygen atoms in total. The van der Waals surface area contributed by atoms with E-state index in [9.17, 15) is 9.90 Å². The molecule has 2 aromatic carbocycles. The molecule has 216 valence electrons. The number of fused-ring (bicyclic) bond motifs is 1. The highest BCUT2D eigenvalue weighted by Crippen LogP contribution is 2.33. The van der Waals surface area contributed by atoms with Crippen LogP contribution in [0.15, 0.2) is 107 Å². The molecule has 11 heteroatoms. The molecule has 0 saturated carbocycles. The molecule has 0 fully saturated rings. The topological polar surface area (TPSA) is 122 Å². The Balaban J connectivity index is 1.19. The van der Waals surface area contributed by atoms with E-state index in [-0.39, 0.29) is 17.2 Å². The van der Waals surface area contributed by atoms with Gasteiger partial charge in [0.2, 0.25) is 0 Å². The smallest absolute Gasteiger partial charge is 0.320 e. The Labute approximate surface area is 252 Å². The van der Waals surface area contributed by atoms with Crippen molar-refractivity contribution in [2.75, 3.05) is 5.32 Å². The molecule has 6 aromatic rings. The zero-order valence-electron chi connectivity index (χ0n) is 23.9. The number of urea groups is 1. The van der Waals surface area contributed by atoms with E-state index < -0.39 is 0 Å². The van der Waals surface area contributed by atoms with Crippen LogP contribution in [0, 0.1) is 0 Å². The van der Waals surface area contributed by atoms with E-state index in [1.807, 2.05) is 77.3 Å². The van der Waals surface area contributed by atoms with Gasteiger partial charge < -0.3 is 10.4 Å². The van der Waals surface area contributed by atoms with Gasteiger partial charge in [0.25, 0.3) is 0 Å². The lowest BCUT2D eigenvalue weighted by molar-refractivity contribution is 0.251. The van der Waals surface area contributed by atoms with Crippen LogP contribution in [0.5, 0.6) is 5.75 Å². The highest BCUT2D eigenvalue weighted by atomic mass is 32.2. The number of carbonyl (C=O) groups is 1. The fourth-order valence-electron chi connectivity index (χ4n) is 4.50. The molecule has 6 rings (SSSR count). The highest BCUT2D eigenvalue weighted by Gasteiger charge is 2.22. The summed E-state index contributed by atoms with van der Waals surface area (Å²) in [5, 5.41) is 29.6. The number of aromatic nitrogens is 6. The summed E-state index contributed by atoms with van der Waals surface area (Å²) in [6, 6.07) is 24.1. The first kappa shape index (κ1) is 28.0. The van der Waals surface area contributed by atoms with Crippen molar-refractivity contribution in [3.8, 4) is 22.8 Å². The Bertz CT molecular complexity index is 1910. The predicted octanol–water partition coefficient (Wildman–Crippen LogP) is 6.45. The number of hydrogen-bond acceptors (Lipinski definition) is 7. The maximum Gasteiger partial charge on any atom is 0.320 e. The zero-order chi connectivity index (χ0) is 30.0. The van der Waals surface area contributed by atoms with Crippen LogP contribution in [0.3, 0.4) is 0 Å². The van der Waals surface area contributed by atoms with Gasteiger partial charge in [-0.2, -0.15) is 5.10 Å². The number of para-hydroxylation sites is 1. The minimum Gasteiger partial charge on any atom is -0.507 e. The number of rotatable bonds is 7. The molecule has 0 atom stereocenters. The molecule has 0 aliphatic rings. The summed E-state index contributed by atoms with van der Waals surface area (Å²) in [6.07, 6.45) is 5.36. The standard InChI is InChI=1S/C32H30N8O2S/c1-32(2,3)27-17-29(40(38-27)22-10-8-16-33-19-22)35-31(42)34-18-21-9-4-7-13-26(21)43-23-14-15-28-36-37-30(39(28)20-23)24-11-5-6-12-25(24)41/h4-17,19-20,41H,18H2,1-3H3,(H2,34,35,42). The van der Waals surface area contributed by atoms with Gasteiger partial charge in [0.1, 0.15) is 11.6 Å². The van der Waals surface area contributed by atoms with Gasteiger partial charge in [-0.15, -0.1) is 10.2 Å². The Morgan fingerprint density at radius 1 is 0.977 bits per heavy atom. The molecule has 0 saturated heterocycles. The van der Waals surface area contributed by atoms with Gasteiger partial charge in [-0.05, 0) is 48.0 Å². The number of aromatic hydroxyl groups is 1. The van der Waals surface area contributed by atoms with E-state index in [0.717, 1.165) is 26.7 Å². The molecule has 0 radical (unpaired) electrons. The molecule has 0 unspecified atom stereocenters. The fourth-order valence-corrected chi connectivity index (χ4v) is 5.47. The van der Waals surface area contributed by atoms with Crippen LogP contribution in [0.2, 0.25) is 0 Å². The minimum atomic E-state index is -0.344. The molecule has 0 spiro atoms. The molecule has 0 bridgehead atoms. The van der Waals surface area contributed by atoms with Gasteiger partial charge in [-0.25, -0.2) is 9.48 Å². The number of amides is 2. The van der Waals surface area contributed by atoms with E-state index in [1.54, 1.807) is 41.0 Å². The summed E-state index contributed by atoms with van der Waals surface area (Å²) in [5.41, 5.74) is 3.65. The van der Waals surface area contributed by atoms with Crippen LogP contribution in [0.1, 0.15) is 32.0 Å². The van der Waals surface area contributed by atoms with Crippen molar-refractivity contribution in [2.24, 2.45) is 0 Å². The lowest BCUT2D eigenvalue weighted by Gasteiger charge is -2.14. The monoisotopic (exact) mass is 590 g/mol. The second-order valence-electron chi connectivity index (χ2n) is 10.9. The third-order valence-corrected chi connectivity index (χ3v) is 7.87. The van der Waals surface area contributed by atoms with Crippen LogP contribution in [-0.4, -0.2) is 40.5 Å². The number of pyridine rings is 2. The molecule has 4 aromatic heterocycles. The van der Waals surface area contributed by atoms with E-state index in [1.165, 1.54) is 0 Å². The predicted molar refractivity (Wildman–Crippen MR) is 167 cm³/mol. The summed E-state index contributed by atoms with van der Waals surface area (Å²) in [5.74, 6) is 1.26. The number of nitrogens with one attached hydrogen (secondary N) is 2. The molecule has 4 heterocycles. The summed E-state index contributed by atoms with van der Waals surface area (Å²) < 4.78 is 3.56. The first-order chi connectivity index (χ1) is 20.8. The van der Waals surface area contributed by atoms with Crippen molar-refractivity contribution in [1.82, 2.24) is 34.7 Å². The van der Waals surface area contributed by atoms with Gasteiger partial charge in [-0.3, -0.25) is 14.7 Å². The first-order valence-corrected chi connectivity index (χ1v) is 14.5. The summed E-state index contributed by atoms with van der Waals surface area (Å²) >= 11 is 1.57. The number of nitrogens with zero attached hydrogens (tertiary/aromatic N) is 6. The lowest BCUT2D eigenvalue weighted by Crippen LogP contribution is -2.29. The molecular weight excluding hydrogens is 560 g/mol. The summed E-state index contributed by atoms with van der Waals surface area (Å²) in [7, 11) is 0. The molecule has 3 N–H and O–H groups in total. The Hall–Kier alpha value is -5.16. The van der Waals surface area contributed by atoms with Gasteiger partial charge >= 0.3 is 6.03 Å². The number of phenols is 1. The van der Waals surface area contributed by atoms with Crippen molar-refractivity contribution in [3.05, 3.63) is 109 Å². The molecule has 0 aliphatic carbocycles. The van der Waals surface area contributed by atoms with E-state index in [2.05, 4.69) is 46.6 Å². The molecule has 2 amide bonds. The second-order valence-corrected chi connectivity index (χ2v) is 12.1. The summed E-state index contributed by atoms with van der Waals surface area (Å²) in [6.45, 7) is 6.55. The Morgan fingerprint density at radius 3 is 2.58 bits per heavy atom. The van der Waals surface area contributed by atoms with E-state index in [0.29, 0.717) is 29.4 Å². The second kappa shape index (κ2) is 11.6. The van der Waals surface area contributed by atoms with Gasteiger partial charge in [-0.1, -0.05) is 62.9 Å². The molecular formula is C32H30N8O2S. The first-order valence-electron chi connectivity index (χ1n) is 13.7. The van der Waals surface area contributed by atoms with Crippen LogP contribution in [0.4, 0.5) is 10.6 Å². The third-order valence-electron chi connectivity index (χ3n) is 6.77. The number of hydrogen-bond donors (Lipinski definition) is 3. The largest absolute Gasteiger partial charge is 0.507 e. The third kappa shape index (κ3) is 6.07. The van der Waals surface area contributed by atoms with Crippen molar-refractivity contribution in [2.45, 2.75) is 42.5 Å². The Kier molecular flexibility index (Phi) is 7.56. The lowest BCUT2D eigenvalue weighted by atomic mass is 9.92. The molecule has 0 aliphatic heterocycles. The van der Waals surface area contributed by atoms with E-state index in [4.69, 9.17) is 5.10 Å². The number of carbonyl (C=O) groups excluding carboxylic acids is 1. The average Bonchev–Trinajstić information content (AvgIpc) is 3.62. The van der Waals surface area contributed by atoms with E-state index >= 15 is 0 Å². The van der Waals surface area contributed by atoms with Crippen LogP contribution in [-0.2, 0) is 12.0 Å². The highest BCUT2D eigenvalue weighted by molar-refractivity contribution is 7.99. The van der Waals surface area contributed by atoms with Crippen LogP contribution >= 0.6 is 11.8 Å². The SMILES string of the molecule is CC(C)(C)c1cc(NC(=O)NCc2ccccc2Sc2ccc3nnc(-c4ccccc4O)n3c2)n(-c2cccnc2)n1. The average molecular weight is 591 g/mol. The fraction of sp³-hybridized carbons (Fsp3) is 0.156. The number of phenolic OH excluding ortho intramolecular Hbond substituents is 1. The van der Waals surface area contributed by atoms with Crippen molar-refractivity contribution in [1.29, 1.82) is 0 Å².